The first-order valence-corrected chi connectivity index (χ1v) is 9.15. The van der Waals surface area contributed by atoms with Crippen LogP contribution in [0.5, 0.6) is 11.5 Å². The number of carbonyl (C=O) groups excluding carboxylic acids is 1. The minimum atomic E-state index is -1.32. The Balaban J connectivity index is 1.54. The monoisotopic (exact) mass is 353 g/mol. The minimum absolute atomic E-state index is 0.132. The van der Waals surface area contributed by atoms with Crippen molar-refractivity contribution in [3.63, 3.8) is 0 Å². The van der Waals surface area contributed by atoms with Crippen LogP contribution in [0, 0.1) is 5.92 Å². The molecular formula is C16H19NO6S. The molecule has 0 aliphatic carbocycles. The molecule has 0 bridgehead atoms. The maximum atomic E-state index is 12.4. The zero-order valence-corrected chi connectivity index (χ0v) is 13.9. The van der Waals surface area contributed by atoms with E-state index < -0.39 is 22.7 Å². The van der Waals surface area contributed by atoms with Crippen molar-refractivity contribution in [3.8, 4) is 11.5 Å². The van der Waals surface area contributed by atoms with Gasteiger partial charge in [-0.1, -0.05) is 0 Å². The highest BCUT2D eigenvalue weighted by Gasteiger charge is 2.30. The number of aliphatic carboxylic acids is 1. The van der Waals surface area contributed by atoms with Crippen LogP contribution in [-0.4, -0.2) is 58.1 Å². The third kappa shape index (κ3) is 3.69. The van der Waals surface area contributed by atoms with E-state index in [1.165, 1.54) is 0 Å². The van der Waals surface area contributed by atoms with Crippen LogP contribution < -0.4 is 9.47 Å². The lowest BCUT2D eigenvalue weighted by Gasteiger charge is -2.19. The van der Waals surface area contributed by atoms with Crippen molar-refractivity contribution in [2.75, 3.05) is 32.1 Å². The molecule has 2 aliphatic rings. The molecule has 1 aromatic carbocycles. The molecule has 0 spiro atoms. The number of fused-ring (bicyclic) bond motifs is 1. The van der Waals surface area contributed by atoms with Gasteiger partial charge in [0.2, 0.25) is 5.91 Å². The molecule has 1 aromatic rings. The Hall–Kier alpha value is -2.09. The number of benzene rings is 1. The van der Waals surface area contributed by atoms with Gasteiger partial charge in [0.25, 0.3) is 0 Å². The number of amides is 1. The predicted octanol–water partition coefficient (Wildman–Crippen LogP) is 0.889. The molecule has 2 heterocycles. The third-order valence-corrected chi connectivity index (χ3v) is 5.52. The first kappa shape index (κ1) is 16.8. The molecule has 2 aliphatic heterocycles. The van der Waals surface area contributed by atoms with E-state index in [0.717, 1.165) is 0 Å². The lowest BCUT2D eigenvalue weighted by Crippen LogP contribution is -2.30. The van der Waals surface area contributed by atoms with E-state index in [1.807, 2.05) is 0 Å². The fourth-order valence-corrected chi connectivity index (χ4v) is 3.86. The fourth-order valence-electron chi connectivity index (χ4n) is 2.81. The third-order valence-electron chi connectivity index (χ3n) is 4.17. The van der Waals surface area contributed by atoms with Gasteiger partial charge in [-0.05, 0) is 18.6 Å². The Kier molecular flexibility index (Phi) is 5.03. The molecule has 130 valence electrons. The van der Waals surface area contributed by atoms with Gasteiger partial charge in [-0.15, -0.1) is 0 Å². The number of carboxylic acid groups (broad SMARTS) is 1. The van der Waals surface area contributed by atoms with Gasteiger partial charge in [-0.3, -0.25) is 13.8 Å². The van der Waals surface area contributed by atoms with Gasteiger partial charge in [0.15, 0.2) is 11.5 Å². The van der Waals surface area contributed by atoms with E-state index >= 15 is 0 Å². The summed E-state index contributed by atoms with van der Waals surface area (Å²) < 4.78 is 23.3. The van der Waals surface area contributed by atoms with E-state index in [9.17, 15) is 13.8 Å². The molecule has 0 saturated carbocycles. The average Bonchev–Trinajstić information content (AvgIpc) is 3.09. The normalized spacial score (nSPS) is 20.7. The molecule has 2 atom stereocenters. The summed E-state index contributed by atoms with van der Waals surface area (Å²) in [5.74, 6) is -0.101. The maximum absolute atomic E-state index is 12.4. The highest BCUT2D eigenvalue weighted by molar-refractivity contribution is 7.85. The summed E-state index contributed by atoms with van der Waals surface area (Å²) in [6.07, 6.45) is 0.611. The molecule has 24 heavy (non-hydrogen) atoms. The summed E-state index contributed by atoms with van der Waals surface area (Å²) >= 11 is 0. The van der Waals surface area contributed by atoms with Crippen LogP contribution >= 0.6 is 0 Å². The lowest BCUT2D eigenvalue weighted by molar-refractivity contribution is -0.141. The Morgan fingerprint density at radius 3 is 2.71 bits per heavy atom. The van der Waals surface area contributed by atoms with E-state index in [0.29, 0.717) is 42.6 Å². The van der Waals surface area contributed by atoms with Crippen LogP contribution in [0.2, 0.25) is 0 Å². The predicted molar refractivity (Wildman–Crippen MR) is 85.6 cm³/mol. The largest absolute Gasteiger partial charge is 0.486 e. The Bertz CT molecular complexity index is 677. The SMILES string of the molecule is O=C(O)C1CCN(C(=O)CCS(=O)c2ccc3c(c2)OCCO3)C1. The van der Waals surface area contributed by atoms with Gasteiger partial charge in [-0.2, -0.15) is 0 Å². The smallest absolute Gasteiger partial charge is 0.308 e. The summed E-state index contributed by atoms with van der Waals surface area (Å²) in [5, 5.41) is 8.97. The molecule has 1 saturated heterocycles. The highest BCUT2D eigenvalue weighted by Crippen LogP contribution is 2.31. The van der Waals surface area contributed by atoms with E-state index in [4.69, 9.17) is 14.6 Å². The maximum Gasteiger partial charge on any atom is 0.308 e. The van der Waals surface area contributed by atoms with Crippen molar-refractivity contribution < 1.29 is 28.4 Å². The van der Waals surface area contributed by atoms with Crippen LogP contribution in [0.1, 0.15) is 12.8 Å². The Morgan fingerprint density at radius 1 is 1.25 bits per heavy atom. The molecule has 1 amide bonds. The van der Waals surface area contributed by atoms with Crippen LogP contribution in [0.4, 0.5) is 0 Å². The molecule has 1 N–H and O–H groups in total. The number of hydrogen-bond acceptors (Lipinski definition) is 5. The van der Waals surface area contributed by atoms with Crippen molar-refractivity contribution >= 4 is 22.7 Å². The molecule has 3 rings (SSSR count). The number of carboxylic acids is 1. The summed E-state index contributed by atoms with van der Waals surface area (Å²) in [7, 11) is -1.32. The number of hydrogen-bond donors (Lipinski definition) is 1. The number of rotatable bonds is 5. The molecule has 0 radical (unpaired) electrons. The highest BCUT2D eigenvalue weighted by atomic mass is 32.2. The molecule has 8 heteroatoms. The van der Waals surface area contributed by atoms with Crippen LogP contribution in [0.15, 0.2) is 23.1 Å². The first-order valence-electron chi connectivity index (χ1n) is 7.83. The van der Waals surface area contributed by atoms with Gasteiger partial charge in [-0.25, -0.2) is 0 Å². The molecule has 7 nitrogen and oxygen atoms in total. The first-order chi connectivity index (χ1) is 11.5. The van der Waals surface area contributed by atoms with Gasteiger partial charge in [0.1, 0.15) is 13.2 Å². The van der Waals surface area contributed by atoms with E-state index in [-0.39, 0.29) is 24.6 Å². The number of likely N-dealkylation sites (tertiary alicyclic amines) is 1. The second-order valence-corrected chi connectivity index (χ2v) is 7.34. The quantitative estimate of drug-likeness (QED) is 0.845. The number of nitrogens with zero attached hydrogens (tertiary/aromatic N) is 1. The van der Waals surface area contributed by atoms with Gasteiger partial charge >= 0.3 is 5.97 Å². The summed E-state index contributed by atoms with van der Waals surface area (Å²) in [6, 6.07) is 5.12. The van der Waals surface area contributed by atoms with Crippen LogP contribution in [-0.2, 0) is 20.4 Å². The van der Waals surface area contributed by atoms with Crippen molar-refractivity contribution in [3.05, 3.63) is 18.2 Å². The van der Waals surface area contributed by atoms with Gasteiger partial charge < -0.3 is 19.5 Å². The second-order valence-electron chi connectivity index (χ2n) is 5.77. The average molecular weight is 353 g/mol. The van der Waals surface area contributed by atoms with Crippen LogP contribution in [0.3, 0.4) is 0 Å². The second kappa shape index (κ2) is 7.21. The Morgan fingerprint density at radius 2 is 2.00 bits per heavy atom. The number of carbonyl (C=O) groups is 2. The molecule has 1 fully saturated rings. The molecular weight excluding hydrogens is 334 g/mol. The number of ether oxygens (including phenoxy) is 2. The fraction of sp³-hybridized carbons (Fsp3) is 0.500. The van der Waals surface area contributed by atoms with E-state index in [2.05, 4.69) is 0 Å². The topological polar surface area (TPSA) is 93.1 Å². The van der Waals surface area contributed by atoms with Crippen molar-refractivity contribution in [2.45, 2.75) is 17.7 Å². The summed E-state index contributed by atoms with van der Waals surface area (Å²) in [6.45, 7) is 1.65. The van der Waals surface area contributed by atoms with Gasteiger partial charge in [0.05, 0.1) is 16.7 Å². The van der Waals surface area contributed by atoms with Crippen molar-refractivity contribution in [1.29, 1.82) is 0 Å². The van der Waals surface area contributed by atoms with Crippen molar-refractivity contribution in [1.82, 2.24) is 4.90 Å². The minimum Gasteiger partial charge on any atom is -0.486 e. The zero-order chi connectivity index (χ0) is 17.1. The molecule has 2 unspecified atom stereocenters. The van der Waals surface area contributed by atoms with Gasteiger partial charge in [0, 0.05) is 36.2 Å². The van der Waals surface area contributed by atoms with E-state index in [1.54, 1.807) is 23.1 Å². The zero-order valence-electron chi connectivity index (χ0n) is 13.1. The van der Waals surface area contributed by atoms with Crippen molar-refractivity contribution in [2.24, 2.45) is 5.92 Å². The lowest BCUT2D eigenvalue weighted by atomic mass is 10.1. The standard InChI is InChI=1S/C16H19NO6S/c18-15(17-5-3-11(10-17)16(19)20)4-8-24(21)12-1-2-13-14(9-12)23-7-6-22-13/h1-2,9,11H,3-8,10H2,(H,19,20). The molecule has 0 aromatic heterocycles. The Labute approximate surface area is 142 Å². The van der Waals surface area contributed by atoms with Crippen LogP contribution in [0.25, 0.3) is 0 Å². The summed E-state index contributed by atoms with van der Waals surface area (Å²) in [5.41, 5.74) is 0. The summed E-state index contributed by atoms with van der Waals surface area (Å²) in [4.78, 5) is 25.2.